The number of rotatable bonds is 6. The van der Waals surface area contributed by atoms with E-state index in [1.165, 1.54) is 12.1 Å². The van der Waals surface area contributed by atoms with Crippen LogP contribution in [0.1, 0.15) is 12.0 Å². The van der Waals surface area contributed by atoms with E-state index >= 15 is 0 Å². The molecule has 0 aliphatic carbocycles. The first kappa shape index (κ1) is 17.4. The van der Waals surface area contributed by atoms with Crippen LogP contribution in [0.25, 0.3) is 0 Å². The zero-order valence-electron chi connectivity index (χ0n) is 12.2. The van der Waals surface area contributed by atoms with E-state index in [-0.39, 0.29) is 18.0 Å². The van der Waals surface area contributed by atoms with Crippen molar-refractivity contribution in [3.63, 3.8) is 0 Å². The van der Waals surface area contributed by atoms with Gasteiger partial charge in [-0.3, -0.25) is 0 Å². The Bertz CT molecular complexity index is 832. The fourth-order valence-corrected chi connectivity index (χ4v) is 3.63. The molecule has 0 aromatic heterocycles. The van der Waals surface area contributed by atoms with Crippen molar-refractivity contribution >= 4 is 25.9 Å². The van der Waals surface area contributed by atoms with Crippen molar-refractivity contribution in [2.45, 2.75) is 12.8 Å². The summed E-state index contributed by atoms with van der Waals surface area (Å²) in [6, 6.07) is 4.42. The van der Waals surface area contributed by atoms with Gasteiger partial charge in [0.1, 0.15) is 11.4 Å². The summed E-state index contributed by atoms with van der Waals surface area (Å²) in [5, 5.41) is 19.2. The van der Waals surface area contributed by atoms with Crippen molar-refractivity contribution in [3.05, 3.63) is 35.8 Å². The van der Waals surface area contributed by atoms with Crippen LogP contribution in [0.5, 0.6) is 5.75 Å². The summed E-state index contributed by atoms with van der Waals surface area (Å²) in [4.78, 5) is 0. The number of phenolic OH excluding ortho intramolecular Hbond substituents is 1. The van der Waals surface area contributed by atoms with Gasteiger partial charge in [-0.05, 0) is 30.5 Å². The van der Waals surface area contributed by atoms with Gasteiger partial charge in [-0.25, -0.2) is 22.2 Å². The van der Waals surface area contributed by atoms with Gasteiger partial charge in [-0.2, -0.15) is 8.42 Å². The average Bonchev–Trinajstić information content (AvgIpc) is 2.67. The summed E-state index contributed by atoms with van der Waals surface area (Å²) >= 11 is 0. The molecule has 0 bridgehead atoms. The highest BCUT2D eigenvalue weighted by Crippen LogP contribution is 2.32. The minimum Gasteiger partial charge on any atom is -0.506 e. The number of sulfonamides is 1. The molecule has 1 aliphatic heterocycles. The van der Waals surface area contributed by atoms with Gasteiger partial charge in [0.05, 0.1) is 12.5 Å². The predicted molar refractivity (Wildman–Crippen MR) is 84.5 cm³/mol. The fourth-order valence-electron chi connectivity index (χ4n) is 2.05. The second-order valence-electron chi connectivity index (χ2n) is 5.01. The topological polar surface area (TPSA) is 136 Å². The van der Waals surface area contributed by atoms with Crippen LogP contribution in [0.4, 0.5) is 5.69 Å². The Morgan fingerprint density at radius 2 is 2.00 bits per heavy atom. The molecule has 128 valence electrons. The van der Waals surface area contributed by atoms with Crippen molar-refractivity contribution < 1.29 is 27.0 Å². The third-order valence-electron chi connectivity index (χ3n) is 3.02. The quantitative estimate of drug-likeness (QED) is 0.521. The first-order valence-electron chi connectivity index (χ1n) is 6.58. The molecule has 11 heteroatoms. The summed E-state index contributed by atoms with van der Waals surface area (Å²) in [6.07, 6.45) is 3.04. The van der Waals surface area contributed by atoms with Gasteiger partial charge >= 0.3 is 10.2 Å². The van der Waals surface area contributed by atoms with Crippen LogP contribution in [-0.2, 0) is 26.7 Å². The molecule has 23 heavy (non-hydrogen) atoms. The smallest absolute Gasteiger partial charge is 0.330 e. The molecule has 0 amide bonds. The normalized spacial score (nSPS) is 16.9. The maximum atomic E-state index is 11.7. The van der Waals surface area contributed by atoms with Gasteiger partial charge in [0, 0.05) is 6.54 Å². The largest absolute Gasteiger partial charge is 0.506 e. The monoisotopic (exact) mass is 363 g/mol. The molecule has 1 aromatic rings. The lowest BCUT2D eigenvalue weighted by atomic mass is 10.1. The van der Waals surface area contributed by atoms with Crippen molar-refractivity contribution in [3.8, 4) is 5.75 Å². The predicted octanol–water partition coefficient (Wildman–Crippen LogP) is -0.115. The molecule has 4 N–H and O–H groups in total. The van der Waals surface area contributed by atoms with Gasteiger partial charge in [0.25, 0.3) is 0 Å². The number of anilines is 1. The SMILES string of the molecule is CS(=O)(=O)NCCCc1ccc(N2C=C(O)NS2(=O)=O)c(O)c1. The van der Waals surface area contributed by atoms with Crippen LogP contribution in [0.3, 0.4) is 0 Å². The minimum atomic E-state index is -3.96. The van der Waals surface area contributed by atoms with Crippen LogP contribution < -0.4 is 13.7 Å². The van der Waals surface area contributed by atoms with Gasteiger partial charge in [0.15, 0.2) is 0 Å². The molecular weight excluding hydrogens is 346 g/mol. The Labute approximate surface area is 134 Å². The van der Waals surface area contributed by atoms with E-state index in [0.29, 0.717) is 12.8 Å². The highest BCUT2D eigenvalue weighted by Gasteiger charge is 2.30. The zero-order valence-corrected chi connectivity index (χ0v) is 13.9. The van der Waals surface area contributed by atoms with Gasteiger partial charge in [0.2, 0.25) is 15.9 Å². The Hall–Kier alpha value is -1.98. The summed E-state index contributed by atoms with van der Waals surface area (Å²) in [6.45, 7) is 0.266. The highest BCUT2D eigenvalue weighted by atomic mass is 32.2. The number of hydrogen-bond donors (Lipinski definition) is 4. The van der Waals surface area contributed by atoms with Crippen LogP contribution >= 0.6 is 0 Å². The third-order valence-corrected chi connectivity index (χ3v) is 5.03. The number of nitrogens with zero attached hydrogens (tertiary/aromatic N) is 1. The molecular formula is C12H17N3O6S2. The maximum Gasteiger partial charge on any atom is 0.330 e. The Kier molecular flexibility index (Phi) is 4.73. The van der Waals surface area contributed by atoms with E-state index in [0.717, 1.165) is 22.3 Å². The number of aromatic hydroxyl groups is 1. The summed E-state index contributed by atoms with van der Waals surface area (Å²) < 4.78 is 50.3. The number of aliphatic hydroxyl groups is 1. The molecule has 9 nitrogen and oxygen atoms in total. The lowest BCUT2D eigenvalue weighted by Crippen LogP contribution is -2.29. The minimum absolute atomic E-state index is 0.000407. The number of nitrogens with one attached hydrogen (secondary N) is 2. The van der Waals surface area contributed by atoms with Crippen LogP contribution in [0.15, 0.2) is 30.3 Å². The first-order valence-corrected chi connectivity index (χ1v) is 9.91. The molecule has 0 radical (unpaired) electrons. The van der Waals surface area contributed by atoms with Crippen molar-refractivity contribution in [1.82, 2.24) is 9.44 Å². The van der Waals surface area contributed by atoms with E-state index in [4.69, 9.17) is 0 Å². The summed E-state index contributed by atoms with van der Waals surface area (Å²) in [5.41, 5.74) is 0.721. The van der Waals surface area contributed by atoms with E-state index < -0.39 is 26.1 Å². The van der Waals surface area contributed by atoms with Gasteiger partial charge < -0.3 is 10.2 Å². The number of aliphatic hydroxyl groups excluding tert-OH is 1. The maximum absolute atomic E-state index is 11.7. The molecule has 1 heterocycles. The molecule has 0 saturated heterocycles. The van der Waals surface area contributed by atoms with Crippen LogP contribution in [0.2, 0.25) is 0 Å². The van der Waals surface area contributed by atoms with Gasteiger partial charge in [-0.1, -0.05) is 6.07 Å². The second kappa shape index (κ2) is 6.26. The molecule has 1 aromatic carbocycles. The number of hydrogen-bond acceptors (Lipinski definition) is 6. The van der Waals surface area contributed by atoms with Crippen molar-refractivity contribution in [2.24, 2.45) is 0 Å². The van der Waals surface area contributed by atoms with E-state index in [1.54, 1.807) is 6.07 Å². The molecule has 0 unspecified atom stereocenters. The molecule has 0 spiro atoms. The highest BCUT2D eigenvalue weighted by molar-refractivity contribution is 7.91. The van der Waals surface area contributed by atoms with Gasteiger partial charge in [-0.15, -0.1) is 0 Å². The van der Waals surface area contributed by atoms with Crippen molar-refractivity contribution in [2.75, 3.05) is 17.1 Å². The summed E-state index contributed by atoms with van der Waals surface area (Å²) in [7, 11) is -7.19. The molecule has 0 atom stereocenters. The van der Waals surface area contributed by atoms with Crippen LogP contribution in [-0.4, -0.2) is 39.8 Å². The lowest BCUT2D eigenvalue weighted by molar-refractivity contribution is 0.392. The zero-order chi connectivity index (χ0) is 17.3. The molecule has 0 saturated carbocycles. The van der Waals surface area contributed by atoms with Crippen LogP contribution in [0, 0.1) is 0 Å². The Morgan fingerprint density at radius 1 is 1.30 bits per heavy atom. The Morgan fingerprint density at radius 3 is 2.52 bits per heavy atom. The molecule has 1 aliphatic rings. The van der Waals surface area contributed by atoms with E-state index in [2.05, 4.69) is 4.72 Å². The standard InChI is InChI=1S/C12H17N3O6S2/c1-22(18,19)13-6-2-3-9-4-5-10(11(16)7-9)15-8-12(17)14-23(15,20)21/h4-5,7-8,13-14,16-17H,2-3,6H2,1H3. The number of phenols is 1. The Balaban J connectivity index is 2.07. The van der Waals surface area contributed by atoms with Crippen molar-refractivity contribution in [1.29, 1.82) is 0 Å². The lowest BCUT2D eigenvalue weighted by Gasteiger charge is -2.16. The first-order chi connectivity index (χ1) is 10.6. The molecule has 2 rings (SSSR count). The van der Waals surface area contributed by atoms with E-state index in [9.17, 15) is 27.0 Å². The second-order valence-corrected chi connectivity index (χ2v) is 8.39. The number of aryl methyl sites for hydroxylation is 1. The summed E-state index contributed by atoms with van der Waals surface area (Å²) in [5.74, 6) is -0.810. The fraction of sp³-hybridized carbons (Fsp3) is 0.333. The average molecular weight is 363 g/mol. The van der Waals surface area contributed by atoms with E-state index in [1.807, 2.05) is 4.72 Å². The molecule has 0 fully saturated rings. The third kappa shape index (κ3) is 4.50. The number of benzene rings is 1.